The molecular formula is C20H20ClN3O2. The molecule has 0 spiro atoms. The molecule has 3 aromatic rings. The first-order valence-corrected chi connectivity index (χ1v) is 8.64. The predicted octanol–water partition coefficient (Wildman–Crippen LogP) is 3.93. The molecule has 1 N–H and O–H groups in total. The first-order chi connectivity index (χ1) is 12.2. The molecule has 5 nitrogen and oxygen atoms in total. The van der Waals surface area contributed by atoms with E-state index in [0.717, 1.165) is 10.8 Å². The molecule has 1 aromatic heterocycles. The van der Waals surface area contributed by atoms with Gasteiger partial charge >= 0.3 is 0 Å². The predicted molar refractivity (Wildman–Crippen MR) is 103 cm³/mol. The van der Waals surface area contributed by atoms with E-state index in [1.807, 2.05) is 36.4 Å². The van der Waals surface area contributed by atoms with Gasteiger partial charge in [-0.05, 0) is 37.6 Å². The third-order valence-electron chi connectivity index (χ3n) is 4.38. The van der Waals surface area contributed by atoms with Gasteiger partial charge in [0.05, 0.1) is 16.8 Å². The average molecular weight is 370 g/mol. The number of ketones is 1. The van der Waals surface area contributed by atoms with Crippen LogP contribution in [-0.4, -0.2) is 27.0 Å². The molecule has 134 valence electrons. The molecule has 0 saturated carbocycles. The van der Waals surface area contributed by atoms with E-state index in [0.29, 0.717) is 11.3 Å². The Hall–Kier alpha value is -2.66. The number of nitrogens with one attached hydrogen (secondary N) is 1. The van der Waals surface area contributed by atoms with Crippen molar-refractivity contribution in [2.75, 3.05) is 0 Å². The molecule has 6 heteroatoms. The smallest absolute Gasteiger partial charge is 0.257 e. The Morgan fingerprint density at radius 2 is 1.77 bits per heavy atom. The van der Waals surface area contributed by atoms with Crippen LogP contribution in [0.15, 0.2) is 42.5 Å². The van der Waals surface area contributed by atoms with Crippen molar-refractivity contribution in [2.24, 2.45) is 7.05 Å². The minimum absolute atomic E-state index is 0.172. The summed E-state index contributed by atoms with van der Waals surface area (Å²) in [5, 5.41) is 9.21. The third kappa shape index (κ3) is 3.22. The van der Waals surface area contributed by atoms with Crippen LogP contribution in [0.5, 0.6) is 0 Å². The summed E-state index contributed by atoms with van der Waals surface area (Å²) in [5.41, 5.74) is 0.256. The number of nitrogens with zero attached hydrogens (tertiary/aromatic N) is 2. The highest BCUT2D eigenvalue weighted by Crippen LogP contribution is 2.22. The molecule has 0 unspecified atom stereocenters. The number of halogens is 1. The molecule has 1 heterocycles. The minimum atomic E-state index is -1.09. The van der Waals surface area contributed by atoms with Crippen LogP contribution in [0.1, 0.15) is 40.3 Å². The Bertz CT molecular complexity index is 1020. The maximum Gasteiger partial charge on any atom is 0.257 e. The average Bonchev–Trinajstić information content (AvgIpc) is 2.85. The van der Waals surface area contributed by atoms with Gasteiger partial charge in [0.1, 0.15) is 5.15 Å². The van der Waals surface area contributed by atoms with E-state index >= 15 is 0 Å². The van der Waals surface area contributed by atoms with Crippen molar-refractivity contribution in [3.05, 3.63) is 64.4 Å². The second-order valence-electron chi connectivity index (χ2n) is 6.85. The number of fused-ring (bicyclic) bond motifs is 1. The maximum atomic E-state index is 13.0. The fourth-order valence-electron chi connectivity index (χ4n) is 2.98. The fourth-order valence-corrected chi connectivity index (χ4v) is 3.24. The summed E-state index contributed by atoms with van der Waals surface area (Å²) in [6.07, 6.45) is 0. The zero-order valence-corrected chi connectivity index (χ0v) is 15.9. The number of carbonyl (C=O) groups is 2. The molecule has 0 aliphatic carbocycles. The second-order valence-corrected chi connectivity index (χ2v) is 7.20. The van der Waals surface area contributed by atoms with Crippen LogP contribution in [0.4, 0.5) is 0 Å². The van der Waals surface area contributed by atoms with Crippen molar-refractivity contribution in [3.8, 4) is 0 Å². The van der Waals surface area contributed by atoms with Crippen LogP contribution in [-0.2, 0) is 7.05 Å². The number of benzene rings is 2. The van der Waals surface area contributed by atoms with E-state index in [2.05, 4.69) is 10.4 Å². The number of amides is 1. The lowest BCUT2D eigenvalue weighted by molar-refractivity contribution is 0.0798. The van der Waals surface area contributed by atoms with E-state index in [1.165, 1.54) is 4.68 Å². The number of aryl methyl sites for hydroxylation is 2. The van der Waals surface area contributed by atoms with E-state index in [9.17, 15) is 9.59 Å². The van der Waals surface area contributed by atoms with E-state index in [-0.39, 0.29) is 16.5 Å². The van der Waals surface area contributed by atoms with Gasteiger partial charge in [-0.25, -0.2) is 0 Å². The Balaban J connectivity index is 1.88. The molecule has 3 rings (SSSR count). The molecule has 0 aliphatic rings. The van der Waals surface area contributed by atoms with Crippen LogP contribution in [0.25, 0.3) is 10.8 Å². The van der Waals surface area contributed by atoms with Crippen molar-refractivity contribution in [1.29, 1.82) is 0 Å². The molecule has 0 radical (unpaired) electrons. The summed E-state index contributed by atoms with van der Waals surface area (Å²) in [4.78, 5) is 25.6. The lowest BCUT2D eigenvalue weighted by Crippen LogP contribution is -2.49. The van der Waals surface area contributed by atoms with Gasteiger partial charge < -0.3 is 5.32 Å². The second kappa shape index (κ2) is 6.57. The first kappa shape index (κ1) is 18.1. The van der Waals surface area contributed by atoms with Crippen LogP contribution in [0.3, 0.4) is 0 Å². The summed E-state index contributed by atoms with van der Waals surface area (Å²) in [6, 6.07) is 13.3. The standard InChI is InChI=1S/C20H20ClN3O2/c1-12-16(18(21)24(4)23-12)19(26)22-20(2,3)17(25)15-10-9-13-7-5-6-8-14(13)11-15/h5-11H,1-4H3,(H,22,26). The lowest BCUT2D eigenvalue weighted by atomic mass is 9.91. The Morgan fingerprint density at radius 1 is 1.12 bits per heavy atom. The molecule has 2 aromatic carbocycles. The summed E-state index contributed by atoms with van der Waals surface area (Å²) in [7, 11) is 1.66. The lowest BCUT2D eigenvalue weighted by Gasteiger charge is -2.25. The van der Waals surface area contributed by atoms with Gasteiger partial charge in [0.25, 0.3) is 5.91 Å². The highest BCUT2D eigenvalue weighted by Gasteiger charge is 2.32. The molecule has 26 heavy (non-hydrogen) atoms. The van der Waals surface area contributed by atoms with Crippen LogP contribution in [0, 0.1) is 6.92 Å². The zero-order chi connectivity index (χ0) is 19.1. The fraction of sp³-hybridized carbons (Fsp3) is 0.250. The quantitative estimate of drug-likeness (QED) is 0.709. The molecule has 0 fully saturated rings. The normalized spacial score (nSPS) is 11.6. The number of carbonyl (C=O) groups excluding carboxylic acids is 2. The first-order valence-electron chi connectivity index (χ1n) is 8.26. The monoisotopic (exact) mass is 369 g/mol. The summed E-state index contributed by atoms with van der Waals surface area (Å²) in [6.45, 7) is 5.07. The topological polar surface area (TPSA) is 64.0 Å². The van der Waals surface area contributed by atoms with Gasteiger partial charge in [0.2, 0.25) is 0 Å². The van der Waals surface area contributed by atoms with Gasteiger partial charge in [-0.2, -0.15) is 5.10 Å². The van der Waals surface area contributed by atoms with E-state index in [1.54, 1.807) is 33.9 Å². The Labute approximate surface area is 157 Å². The minimum Gasteiger partial charge on any atom is -0.340 e. The van der Waals surface area contributed by atoms with Gasteiger partial charge in [0, 0.05) is 12.6 Å². The maximum absolute atomic E-state index is 13.0. The van der Waals surface area contributed by atoms with Crippen LogP contribution < -0.4 is 5.32 Å². The van der Waals surface area contributed by atoms with Crippen LogP contribution >= 0.6 is 11.6 Å². The molecule has 0 saturated heterocycles. The molecule has 0 atom stereocenters. The molecule has 0 bridgehead atoms. The van der Waals surface area contributed by atoms with Crippen LogP contribution in [0.2, 0.25) is 5.15 Å². The number of hydrogen-bond acceptors (Lipinski definition) is 3. The number of Topliss-reactive ketones (excluding diaryl/α,β-unsaturated/α-hetero) is 1. The highest BCUT2D eigenvalue weighted by molar-refractivity contribution is 6.33. The molecular weight excluding hydrogens is 350 g/mol. The summed E-state index contributed by atoms with van der Waals surface area (Å²) < 4.78 is 1.43. The third-order valence-corrected chi connectivity index (χ3v) is 4.82. The number of hydrogen-bond donors (Lipinski definition) is 1. The highest BCUT2D eigenvalue weighted by atomic mass is 35.5. The zero-order valence-electron chi connectivity index (χ0n) is 15.1. The number of aromatic nitrogens is 2. The van der Waals surface area contributed by atoms with E-state index in [4.69, 9.17) is 11.6 Å². The SMILES string of the molecule is Cc1nn(C)c(Cl)c1C(=O)NC(C)(C)C(=O)c1ccc2ccccc2c1. The van der Waals surface area contributed by atoms with Crippen molar-refractivity contribution in [2.45, 2.75) is 26.3 Å². The van der Waals surface area contributed by atoms with E-state index < -0.39 is 11.4 Å². The number of rotatable bonds is 4. The largest absolute Gasteiger partial charge is 0.340 e. The van der Waals surface area contributed by atoms with Crippen molar-refractivity contribution >= 4 is 34.1 Å². The molecule has 1 amide bonds. The molecule has 0 aliphatic heterocycles. The Morgan fingerprint density at radius 3 is 2.38 bits per heavy atom. The Kier molecular flexibility index (Phi) is 4.59. The van der Waals surface area contributed by atoms with Gasteiger partial charge in [0.15, 0.2) is 5.78 Å². The van der Waals surface area contributed by atoms with Gasteiger partial charge in [-0.15, -0.1) is 0 Å². The summed E-state index contributed by atoms with van der Waals surface area (Å²) >= 11 is 6.15. The van der Waals surface area contributed by atoms with Crippen molar-refractivity contribution in [3.63, 3.8) is 0 Å². The van der Waals surface area contributed by atoms with Gasteiger partial charge in [-0.3, -0.25) is 14.3 Å². The van der Waals surface area contributed by atoms with Gasteiger partial charge in [-0.1, -0.05) is 48.0 Å². The van der Waals surface area contributed by atoms with Crippen molar-refractivity contribution in [1.82, 2.24) is 15.1 Å². The summed E-state index contributed by atoms with van der Waals surface area (Å²) in [5.74, 6) is -0.589. The van der Waals surface area contributed by atoms with Crippen molar-refractivity contribution < 1.29 is 9.59 Å².